The molecule has 0 unspecified atom stereocenters. The molecule has 1 aromatic carbocycles. The molecule has 0 fully saturated rings. The van der Waals surface area contributed by atoms with Crippen LogP contribution in [0.5, 0.6) is 0 Å². The first kappa shape index (κ1) is 8.91. The molecular weight excluding hydrogens is 202 g/mol. The molecule has 2 N–H and O–H groups in total. The van der Waals surface area contributed by atoms with Gasteiger partial charge in [-0.2, -0.15) is 0 Å². The molecule has 4 heteroatoms. The van der Waals surface area contributed by atoms with E-state index in [-0.39, 0.29) is 5.69 Å². The SMILES string of the molecule is O=c1[nH]c2ccc(-c3ccncc3)cc2[nH]1. The van der Waals surface area contributed by atoms with Crippen LogP contribution >= 0.6 is 0 Å². The van der Waals surface area contributed by atoms with Gasteiger partial charge in [0, 0.05) is 12.4 Å². The molecule has 0 aliphatic carbocycles. The van der Waals surface area contributed by atoms with Gasteiger partial charge in [-0.25, -0.2) is 4.79 Å². The van der Waals surface area contributed by atoms with Crippen LogP contribution in [0.25, 0.3) is 22.2 Å². The first-order valence-corrected chi connectivity index (χ1v) is 4.95. The maximum absolute atomic E-state index is 11.1. The van der Waals surface area contributed by atoms with Crippen molar-refractivity contribution in [3.05, 3.63) is 53.2 Å². The minimum absolute atomic E-state index is 0.179. The topological polar surface area (TPSA) is 61.5 Å². The number of imidazole rings is 1. The smallest absolute Gasteiger partial charge is 0.306 e. The molecule has 0 atom stereocenters. The summed E-state index contributed by atoms with van der Waals surface area (Å²) in [5.41, 5.74) is 3.60. The molecule has 3 rings (SSSR count). The van der Waals surface area contributed by atoms with E-state index < -0.39 is 0 Å². The zero-order chi connectivity index (χ0) is 11.0. The average Bonchev–Trinajstić information content (AvgIpc) is 2.69. The van der Waals surface area contributed by atoms with E-state index in [2.05, 4.69) is 15.0 Å². The Kier molecular flexibility index (Phi) is 1.86. The van der Waals surface area contributed by atoms with Gasteiger partial charge in [0.15, 0.2) is 0 Å². The Morgan fingerprint density at radius 2 is 1.62 bits per heavy atom. The van der Waals surface area contributed by atoms with Gasteiger partial charge in [-0.05, 0) is 35.4 Å². The van der Waals surface area contributed by atoms with Gasteiger partial charge in [0.25, 0.3) is 0 Å². The van der Waals surface area contributed by atoms with E-state index >= 15 is 0 Å². The predicted octanol–water partition coefficient (Wildman–Crippen LogP) is 1.92. The van der Waals surface area contributed by atoms with E-state index in [1.807, 2.05) is 30.3 Å². The molecule has 0 spiro atoms. The molecule has 16 heavy (non-hydrogen) atoms. The van der Waals surface area contributed by atoms with Crippen molar-refractivity contribution < 1.29 is 0 Å². The summed E-state index contributed by atoms with van der Waals surface area (Å²) in [4.78, 5) is 20.5. The maximum Gasteiger partial charge on any atom is 0.323 e. The number of pyridine rings is 1. The van der Waals surface area contributed by atoms with E-state index in [0.29, 0.717) is 0 Å². The average molecular weight is 211 g/mol. The van der Waals surface area contributed by atoms with Crippen LogP contribution in [0, 0.1) is 0 Å². The van der Waals surface area contributed by atoms with Crippen molar-refractivity contribution in [2.75, 3.05) is 0 Å². The first-order valence-electron chi connectivity index (χ1n) is 4.95. The number of aromatic nitrogens is 3. The molecule has 78 valence electrons. The Morgan fingerprint density at radius 3 is 2.44 bits per heavy atom. The second-order valence-electron chi connectivity index (χ2n) is 3.58. The van der Waals surface area contributed by atoms with E-state index in [1.54, 1.807) is 12.4 Å². The van der Waals surface area contributed by atoms with Crippen LogP contribution in [0.4, 0.5) is 0 Å². The van der Waals surface area contributed by atoms with Crippen molar-refractivity contribution in [3.63, 3.8) is 0 Å². The van der Waals surface area contributed by atoms with E-state index in [9.17, 15) is 4.79 Å². The molecular formula is C12H9N3O. The summed E-state index contributed by atoms with van der Waals surface area (Å²) in [5.74, 6) is 0. The number of benzene rings is 1. The summed E-state index contributed by atoms with van der Waals surface area (Å²) in [6.07, 6.45) is 3.50. The summed E-state index contributed by atoms with van der Waals surface area (Å²) in [5, 5.41) is 0. The van der Waals surface area contributed by atoms with Crippen LogP contribution in [0.1, 0.15) is 0 Å². The first-order chi connectivity index (χ1) is 7.83. The third kappa shape index (κ3) is 1.40. The van der Waals surface area contributed by atoms with Crippen LogP contribution in [0.3, 0.4) is 0 Å². The highest BCUT2D eigenvalue weighted by atomic mass is 16.1. The maximum atomic E-state index is 11.1. The molecule has 2 aromatic heterocycles. The molecule has 0 radical (unpaired) electrons. The fourth-order valence-electron chi connectivity index (χ4n) is 1.76. The number of H-pyrrole nitrogens is 2. The van der Waals surface area contributed by atoms with Gasteiger partial charge in [0.1, 0.15) is 0 Å². The number of rotatable bonds is 1. The minimum Gasteiger partial charge on any atom is -0.306 e. The zero-order valence-corrected chi connectivity index (χ0v) is 8.40. The Labute approximate surface area is 91.0 Å². The number of fused-ring (bicyclic) bond motifs is 1. The second-order valence-corrected chi connectivity index (χ2v) is 3.58. The summed E-state index contributed by atoms with van der Waals surface area (Å²) in [6.45, 7) is 0. The van der Waals surface area contributed by atoms with E-state index in [1.165, 1.54) is 0 Å². The van der Waals surface area contributed by atoms with Gasteiger partial charge < -0.3 is 9.97 Å². The van der Waals surface area contributed by atoms with Crippen molar-refractivity contribution in [3.8, 4) is 11.1 Å². The van der Waals surface area contributed by atoms with Crippen LogP contribution in [0.15, 0.2) is 47.5 Å². The number of nitrogens with zero attached hydrogens (tertiary/aromatic N) is 1. The van der Waals surface area contributed by atoms with Gasteiger partial charge in [0.2, 0.25) is 0 Å². The normalized spacial score (nSPS) is 10.8. The van der Waals surface area contributed by atoms with Crippen LogP contribution in [0.2, 0.25) is 0 Å². The Morgan fingerprint density at radius 1 is 0.875 bits per heavy atom. The highest BCUT2D eigenvalue weighted by Crippen LogP contribution is 2.21. The summed E-state index contributed by atoms with van der Waals surface area (Å²) < 4.78 is 0. The number of hydrogen-bond donors (Lipinski definition) is 2. The van der Waals surface area contributed by atoms with E-state index in [4.69, 9.17) is 0 Å². The lowest BCUT2D eigenvalue weighted by Crippen LogP contribution is -1.99. The molecule has 2 heterocycles. The summed E-state index contributed by atoms with van der Waals surface area (Å²) >= 11 is 0. The van der Waals surface area contributed by atoms with Gasteiger partial charge in [-0.1, -0.05) is 6.07 Å². The molecule has 0 saturated carbocycles. The van der Waals surface area contributed by atoms with Crippen LogP contribution in [-0.4, -0.2) is 15.0 Å². The van der Waals surface area contributed by atoms with Crippen molar-refractivity contribution in [2.24, 2.45) is 0 Å². The Bertz CT molecular complexity index is 682. The van der Waals surface area contributed by atoms with Gasteiger partial charge in [0.05, 0.1) is 11.0 Å². The Hall–Kier alpha value is -2.36. The highest BCUT2D eigenvalue weighted by Gasteiger charge is 2.01. The monoisotopic (exact) mass is 211 g/mol. The lowest BCUT2D eigenvalue weighted by molar-refractivity contribution is 1.22. The van der Waals surface area contributed by atoms with Gasteiger partial charge in [-0.15, -0.1) is 0 Å². The number of aromatic amines is 2. The number of nitrogens with one attached hydrogen (secondary N) is 2. The highest BCUT2D eigenvalue weighted by molar-refractivity contribution is 5.81. The van der Waals surface area contributed by atoms with Crippen molar-refractivity contribution in [2.45, 2.75) is 0 Å². The largest absolute Gasteiger partial charge is 0.323 e. The molecule has 3 aromatic rings. The molecule has 0 amide bonds. The zero-order valence-electron chi connectivity index (χ0n) is 8.40. The second kappa shape index (κ2) is 3.34. The molecule has 0 saturated heterocycles. The molecule has 4 nitrogen and oxygen atoms in total. The lowest BCUT2D eigenvalue weighted by atomic mass is 10.1. The standard InChI is InChI=1S/C12H9N3O/c16-12-14-10-2-1-9(7-11(10)15-12)8-3-5-13-6-4-8/h1-7H,(H2,14,15,16). The summed E-state index contributed by atoms with van der Waals surface area (Å²) in [6, 6.07) is 9.69. The van der Waals surface area contributed by atoms with Crippen molar-refractivity contribution >= 4 is 11.0 Å². The van der Waals surface area contributed by atoms with E-state index in [0.717, 1.165) is 22.2 Å². The third-order valence-electron chi connectivity index (χ3n) is 2.53. The van der Waals surface area contributed by atoms with Crippen LogP contribution in [-0.2, 0) is 0 Å². The van der Waals surface area contributed by atoms with Crippen molar-refractivity contribution in [1.29, 1.82) is 0 Å². The Balaban J connectivity index is 2.22. The fourth-order valence-corrected chi connectivity index (χ4v) is 1.76. The lowest BCUT2D eigenvalue weighted by Gasteiger charge is -2.00. The third-order valence-corrected chi connectivity index (χ3v) is 2.53. The molecule has 0 bridgehead atoms. The van der Waals surface area contributed by atoms with Gasteiger partial charge in [-0.3, -0.25) is 4.98 Å². The van der Waals surface area contributed by atoms with Crippen molar-refractivity contribution in [1.82, 2.24) is 15.0 Å². The van der Waals surface area contributed by atoms with Crippen LogP contribution < -0.4 is 5.69 Å². The minimum atomic E-state index is -0.179. The summed E-state index contributed by atoms with van der Waals surface area (Å²) in [7, 11) is 0. The quantitative estimate of drug-likeness (QED) is 0.646. The predicted molar refractivity (Wildman–Crippen MR) is 62.2 cm³/mol. The number of hydrogen-bond acceptors (Lipinski definition) is 2. The fraction of sp³-hybridized carbons (Fsp3) is 0. The molecule has 0 aliphatic rings. The molecule has 0 aliphatic heterocycles. The van der Waals surface area contributed by atoms with Gasteiger partial charge >= 0.3 is 5.69 Å².